The molecule has 0 aromatic carbocycles. The Bertz CT molecular complexity index is 318. The van der Waals surface area contributed by atoms with Gasteiger partial charge in [0.1, 0.15) is 7.85 Å². The van der Waals surface area contributed by atoms with Crippen LogP contribution in [0.3, 0.4) is 0 Å². The molecule has 0 aliphatic heterocycles. The molecule has 2 nitrogen and oxygen atoms in total. The lowest BCUT2D eigenvalue weighted by atomic mass is 9.70. The zero-order valence-corrected chi connectivity index (χ0v) is 18.3. The Labute approximate surface area is 159 Å². The Morgan fingerprint density at radius 3 is 1.44 bits per heavy atom. The third kappa shape index (κ3) is 8.03. The molecule has 3 heteroatoms. The number of hydrogen-bond donors (Lipinski definition) is 2. The largest absolute Gasteiger partial charge is 0.396 e. The van der Waals surface area contributed by atoms with Crippen LogP contribution < -0.4 is 0 Å². The second-order valence-corrected chi connectivity index (χ2v) is 9.00. The molecular formula is C22H47BO2. The van der Waals surface area contributed by atoms with E-state index in [1.807, 2.05) is 0 Å². The van der Waals surface area contributed by atoms with E-state index >= 15 is 0 Å². The Kier molecular flexibility index (Phi) is 12.4. The summed E-state index contributed by atoms with van der Waals surface area (Å²) in [7, 11) is 2.28. The molecule has 0 saturated carbocycles. The Hall–Kier alpha value is -0.0151. The first-order valence-electron chi connectivity index (χ1n) is 11.1. The van der Waals surface area contributed by atoms with Gasteiger partial charge in [-0.3, -0.25) is 0 Å². The summed E-state index contributed by atoms with van der Waals surface area (Å²) in [5.74, 6) is 0. The molecule has 0 aliphatic rings. The summed E-state index contributed by atoms with van der Waals surface area (Å²) in [6.45, 7) is 11.8. The Morgan fingerprint density at radius 1 is 0.640 bits per heavy atom. The Balaban J connectivity index is 4.66. The summed E-state index contributed by atoms with van der Waals surface area (Å²) in [5.41, 5.74) is 0.605. The SMILES string of the molecule is BCCC(CC)(CC)CCCC(CO)(CO)CCCC(C)(CC)CC. The molecule has 0 aliphatic carbocycles. The van der Waals surface area contributed by atoms with Gasteiger partial charge >= 0.3 is 0 Å². The van der Waals surface area contributed by atoms with Gasteiger partial charge in [-0.05, 0) is 36.5 Å². The maximum Gasteiger partial charge on any atom is 0.101 e. The second kappa shape index (κ2) is 12.4. The van der Waals surface area contributed by atoms with Crippen molar-refractivity contribution in [2.45, 2.75) is 112 Å². The summed E-state index contributed by atoms with van der Waals surface area (Å²) in [6.07, 6.45) is 14.0. The first-order valence-corrected chi connectivity index (χ1v) is 11.1. The smallest absolute Gasteiger partial charge is 0.101 e. The molecule has 0 bridgehead atoms. The summed E-state index contributed by atoms with van der Waals surface area (Å²) >= 11 is 0. The molecule has 0 amide bonds. The van der Waals surface area contributed by atoms with Gasteiger partial charge in [0.05, 0.1) is 13.2 Å². The van der Waals surface area contributed by atoms with Crippen LogP contribution in [0.25, 0.3) is 0 Å². The minimum Gasteiger partial charge on any atom is -0.396 e. The summed E-state index contributed by atoms with van der Waals surface area (Å²) < 4.78 is 0. The molecule has 0 aromatic heterocycles. The highest BCUT2D eigenvalue weighted by molar-refractivity contribution is 6.08. The minimum atomic E-state index is -0.276. The Morgan fingerprint density at radius 2 is 1.08 bits per heavy atom. The van der Waals surface area contributed by atoms with Gasteiger partial charge < -0.3 is 10.2 Å². The van der Waals surface area contributed by atoms with Crippen molar-refractivity contribution < 1.29 is 10.2 Å². The molecule has 0 heterocycles. The number of rotatable bonds is 16. The van der Waals surface area contributed by atoms with Gasteiger partial charge in [0.25, 0.3) is 0 Å². The average molecular weight is 354 g/mol. The predicted octanol–water partition coefficient (Wildman–Crippen LogP) is 5.37. The third-order valence-corrected chi connectivity index (χ3v) is 7.56. The molecule has 0 unspecified atom stereocenters. The van der Waals surface area contributed by atoms with Crippen molar-refractivity contribution in [3.05, 3.63) is 0 Å². The number of hydrogen-bond acceptors (Lipinski definition) is 2. The fraction of sp³-hybridized carbons (Fsp3) is 1.00. The summed E-state index contributed by atoms with van der Waals surface area (Å²) in [6, 6.07) is 0. The van der Waals surface area contributed by atoms with E-state index in [-0.39, 0.29) is 18.6 Å². The molecule has 0 radical (unpaired) electrons. The maximum absolute atomic E-state index is 10.0. The van der Waals surface area contributed by atoms with Crippen LogP contribution in [-0.2, 0) is 0 Å². The zero-order valence-electron chi connectivity index (χ0n) is 18.3. The van der Waals surface area contributed by atoms with Crippen LogP contribution in [0.2, 0.25) is 6.32 Å². The van der Waals surface area contributed by atoms with Gasteiger partial charge in [-0.15, -0.1) is 0 Å². The third-order valence-electron chi connectivity index (χ3n) is 7.56. The highest BCUT2D eigenvalue weighted by Crippen LogP contribution is 2.41. The molecule has 0 aromatic rings. The fourth-order valence-electron chi connectivity index (χ4n) is 4.44. The van der Waals surface area contributed by atoms with Crippen LogP contribution in [0.4, 0.5) is 0 Å². The van der Waals surface area contributed by atoms with Crippen molar-refractivity contribution in [1.82, 2.24) is 0 Å². The normalized spacial score (nSPS) is 13.4. The van der Waals surface area contributed by atoms with Crippen molar-refractivity contribution in [2.24, 2.45) is 16.2 Å². The van der Waals surface area contributed by atoms with Crippen LogP contribution in [0.5, 0.6) is 0 Å². The van der Waals surface area contributed by atoms with E-state index < -0.39 is 0 Å². The topological polar surface area (TPSA) is 40.5 Å². The zero-order chi connectivity index (χ0) is 19.4. The van der Waals surface area contributed by atoms with Gasteiger partial charge in [-0.1, -0.05) is 85.9 Å². The van der Waals surface area contributed by atoms with Crippen LogP contribution in [-0.4, -0.2) is 31.3 Å². The van der Waals surface area contributed by atoms with Gasteiger partial charge in [-0.25, -0.2) is 0 Å². The molecule has 0 saturated heterocycles. The van der Waals surface area contributed by atoms with E-state index in [0.717, 1.165) is 25.7 Å². The van der Waals surface area contributed by atoms with Crippen LogP contribution >= 0.6 is 0 Å². The van der Waals surface area contributed by atoms with E-state index in [1.165, 1.54) is 51.3 Å². The first kappa shape index (κ1) is 25.0. The maximum atomic E-state index is 10.0. The van der Waals surface area contributed by atoms with Crippen molar-refractivity contribution >= 4 is 7.85 Å². The molecule has 0 rings (SSSR count). The molecule has 25 heavy (non-hydrogen) atoms. The molecule has 0 fully saturated rings. The second-order valence-electron chi connectivity index (χ2n) is 9.00. The van der Waals surface area contributed by atoms with Gasteiger partial charge in [0, 0.05) is 5.41 Å². The molecular weight excluding hydrogens is 307 g/mol. The van der Waals surface area contributed by atoms with E-state index in [4.69, 9.17) is 0 Å². The number of aliphatic hydroxyl groups excluding tert-OH is 2. The lowest BCUT2D eigenvalue weighted by molar-refractivity contribution is 0.0290. The predicted molar refractivity (Wildman–Crippen MR) is 114 cm³/mol. The van der Waals surface area contributed by atoms with E-state index in [1.54, 1.807) is 0 Å². The lowest BCUT2D eigenvalue weighted by Gasteiger charge is -2.36. The summed E-state index contributed by atoms with van der Waals surface area (Å²) in [5, 5.41) is 20.0. The fourth-order valence-corrected chi connectivity index (χ4v) is 4.44. The first-order chi connectivity index (χ1) is 11.8. The van der Waals surface area contributed by atoms with Crippen molar-refractivity contribution in [2.75, 3.05) is 13.2 Å². The minimum absolute atomic E-state index is 0.123. The lowest BCUT2D eigenvalue weighted by Crippen LogP contribution is -2.31. The molecule has 0 atom stereocenters. The van der Waals surface area contributed by atoms with E-state index in [0.29, 0.717) is 10.8 Å². The van der Waals surface area contributed by atoms with Gasteiger partial charge in [-0.2, -0.15) is 0 Å². The van der Waals surface area contributed by atoms with Gasteiger partial charge in [0.15, 0.2) is 0 Å². The van der Waals surface area contributed by atoms with E-state index in [9.17, 15) is 10.2 Å². The van der Waals surface area contributed by atoms with Crippen molar-refractivity contribution in [1.29, 1.82) is 0 Å². The van der Waals surface area contributed by atoms with E-state index in [2.05, 4.69) is 42.5 Å². The summed E-state index contributed by atoms with van der Waals surface area (Å²) in [4.78, 5) is 0. The molecule has 150 valence electrons. The van der Waals surface area contributed by atoms with Crippen LogP contribution in [0, 0.1) is 16.2 Å². The molecule has 0 spiro atoms. The number of aliphatic hydroxyl groups is 2. The average Bonchev–Trinajstić information content (AvgIpc) is 2.65. The van der Waals surface area contributed by atoms with Gasteiger partial charge in [0.2, 0.25) is 0 Å². The highest BCUT2D eigenvalue weighted by Gasteiger charge is 2.31. The quantitative estimate of drug-likeness (QED) is 0.366. The standard InChI is InChI=1S/C22H47BO2/c1-6-20(5,7-2)12-10-14-22(18-24,19-25)15-11-13-21(8-3,9-4)16-17-23/h24-25H,6-19,23H2,1-5H3. The molecule has 2 N–H and O–H groups in total. The highest BCUT2D eigenvalue weighted by atomic mass is 16.3. The van der Waals surface area contributed by atoms with Crippen LogP contribution in [0.1, 0.15) is 105 Å². The van der Waals surface area contributed by atoms with Crippen molar-refractivity contribution in [3.63, 3.8) is 0 Å². The van der Waals surface area contributed by atoms with Crippen LogP contribution in [0.15, 0.2) is 0 Å². The monoisotopic (exact) mass is 354 g/mol. The van der Waals surface area contributed by atoms with Crippen molar-refractivity contribution in [3.8, 4) is 0 Å².